The Labute approximate surface area is 108 Å². The van der Waals surface area contributed by atoms with Gasteiger partial charge in [0.15, 0.2) is 5.79 Å². The summed E-state index contributed by atoms with van der Waals surface area (Å²) in [6, 6.07) is 0. The minimum Gasteiger partial charge on any atom is -0.466 e. The van der Waals surface area contributed by atoms with Crippen molar-refractivity contribution in [3.8, 4) is 0 Å². The van der Waals surface area contributed by atoms with Crippen LogP contribution >= 0.6 is 0 Å². The van der Waals surface area contributed by atoms with Crippen LogP contribution in [0.4, 0.5) is 0 Å². The number of carbonyl (C=O) groups excluding carboxylic acids is 1. The SMILES string of the molecule is CC(=O)OCC[C@@H]1OC(C)(C)O[C@H](CCO)[C@@H]1C. The second-order valence-corrected chi connectivity index (χ2v) is 5.21. The summed E-state index contributed by atoms with van der Waals surface area (Å²) in [7, 11) is 0. The first-order chi connectivity index (χ1) is 8.35. The lowest BCUT2D eigenvalue weighted by Gasteiger charge is -2.45. The molecule has 1 saturated heterocycles. The number of esters is 1. The normalized spacial score (nSPS) is 31.1. The van der Waals surface area contributed by atoms with Gasteiger partial charge < -0.3 is 19.3 Å². The summed E-state index contributed by atoms with van der Waals surface area (Å²) in [5, 5.41) is 9.05. The fourth-order valence-electron chi connectivity index (χ4n) is 2.30. The standard InChI is InChI=1S/C13H24O5/c1-9-11(5-7-14)17-13(3,4)18-12(9)6-8-16-10(2)15/h9,11-12,14H,5-8H2,1-4H3/t9-,11+,12-/m0/s1. The molecule has 5 heteroatoms. The summed E-state index contributed by atoms with van der Waals surface area (Å²) < 4.78 is 16.6. The van der Waals surface area contributed by atoms with Crippen LogP contribution in [-0.2, 0) is 19.0 Å². The maximum Gasteiger partial charge on any atom is 0.302 e. The fraction of sp³-hybridized carbons (Fsp3) is 0.923. The van der Waals surface area contributed by atoms with E-state index in [1.54, 1.807) is 0 Å². The van der Waals surface area contributed by atoms with E-state index in [4.69, 9.17) is 19.3 Å². The molecule has 0 aromatic heterocycles. The molecule has 5 nitrogen and oxygen atoms in total. The van der Waals surface area contributed by atoms with Crippen LogP contribution in [0.2, 0.25) is 0 Å². The Balaban J connectivity index is 2.55. The number of rotatable bonds is 5. The molecule has 3 atom stereocenters. The average molecular weight is 260 g/mol. The van der Waals surface area contributed by atoms with Gasteiger partial charge in [-0.1, -0.05) is 6.92 Å². The zero-order valence-electron chi connectivity index (χ0n) is 11.6. The Kier molecular flexibility index (Phi) is 5.56. The smallest absolute Gasteiger partial charge is 0.302 e. The number of carbonyl (C=O) groups is 1. The van der Waals surface area contributed by atoms with Gasteiger partial charge in [0, 0.05) is 25.9 Å². The third-order valence-corrected chi connectivity index (χ3v) is 3.16. The molecule has 0 bridgehead atoms. The topological polar surface area (TPSA) is 65.0 Å². The Morgan fingerprint density at radius 3 is 2.33 bits per heavy atom. The van der Waals surface area contributed by atoms with Crippen LogP contribution in [0.3, 0.4) is 0 Å². The van der Waals surface area contributed by atoms with Gasteiger partial charge in [-0.3, -0.25) is 4.79 Å². The van der Waals surface area contributed by atoms with Crippen LogP contribution in [-0.4, -0.2) is 42.3 Å². The van der Waals surface area contributed by atoms with Gasteiger partial charge in [0.2, 0.25) is 0 Å². The Hall–Kier alpha value is -0.650. The highest BCUT2D eigenvalue weighted by Gasteiger charge is 2.40. The highest BCUT2D eigenvalue weighted by Crippen LogP contribution is 2.33. The molecule has 0 spiro atoms. The maximum atomic E-state index is 10.7. The first kappa shape index (κ1) is 15.4. The van der Waals surface area contributed by atoms with E-state index in [1.807, 2.05) is 20.8 Å². The zero-order chi connectivity index (χ0) is 13.8. The molecule has 0 saturated carbocycles. The van der Waals surface area contributed by atoms with Gasteiger partial charge in [0.1, 0.15) is 0 Å². The monoisotopic (exact) mass is 260 g/mol. The van der Waals surface area contributed by atoms with E-state index in [0.29, 0.717) is 19.4 Å². The predicted octanol–water partition coefficient (Wildman–Crippen LogP) is 1.48. The Morgan fingerprint density at radius 1 is 1.28 bits per heavy atom. The molecule has 1 fully saturated rings. The van der Waals surface area contributed by atoms with Crippen molar-refractivity contribution in [2.75, 3.05) is 13.2 Å². The zero-order valence-corrected chi connectivity index (χ0v) is 11.6. The van der Waals surface area contributed by atoms with Crippen LogP contribution in [0.5, 0.6) is 0 Å². The molecule has 1 rings (SSSR count). The minimum absolute atomic E-state index is 0.0235. The highest BCUT2D eigenvalue weighted by atomic mass is 16.7. The van der Waals surface area contributed by atoms with Crippen LogP contribution in [0.25, 0.3) is 0 Å². The largest absolute Gasteiger partial charge is 0.466 e. The van der Waals surface area contributed by atoms with E-state index in [2.05, 4.69) is 0 Å². The van der Waals surface area contributed by atoms with Gasteiger partial charge in [-0.2, -0.15) is 0 Å². The van der Waals surface area contributed by atoms with Crippen molar-refractivity contribution >= 4 is 5.97 Å². The minimum atomic E-state index is -0.659. The van der Waals surface area contributed by atoms with Crippen molar-refractivity contribution in [1.82, 2.24) is 0 Å². The number of hydrogen-bond acceptors (Lipinski definition) is 5. The van der Waals surface area contributed by atoms with Gasteiger partial charge in [-0.05, 0) is 20.3 Å². The van der Waals surface area contributed by atoms with E-state index in [-0.39, 0.29) is 30.7 Å². The summed E-state index contributed by atoms with van der Waals surface area (Å²) in [4.78, 5) is 10.7. The number of ether oxygens (including phenoxy) is 3. The molecular weight excluding hydrogens is 236 g/mol. The van der Waals surface area contributed by atoms with Crippen LogP contribution in [0, 0.1) is 5.92 Å². The molecule has 1 heterocycles. The molecule has 106 valence electrons. The Morgan fingerprint density at radius 2 is 1.83 bits per heavy atom. The van der Waals surface area contributed by atoms with Gasteiger partial charge in [0.25, 0.3) is 0 Å². The first-order valence-electron chi connectivity index (χ1n) is 6.45. The fourth-order valence-corrected chi connectivity index (χ4v) is 2.30. The molecule has 1 N–H and O–H groups in total. The second-order valence-electron chi connectivity index (χ2n) is 5.21. The summed E-state index contributed by atoms with van der Waals surface area (Å²) in [5.41, 5.74) is 0. The van der Waals surface area contributed by atoms with Crippen LogP contribution in [0.15, 0.2) is 0 Å². The van der Waals surface area contributed by atoms with Gasteiger partial charge in [0.05, 0.1) is 18.8 Å². The third kappa shape index (κ3) is 4.55. The molecule has 0 amide bonds. The van der Waals surface area contributed by atoms with Crippen molar-refractivity contribution < 1.29 is 24.1 Å². The maximum absolute atomic E-state index is 10.7. The molecule has 0 aliphatic carbocycles. The van der Waals surface area contributed by atoms with Crippen molar-refractivity contribution in [3.05, 3.63) is 0 Å². The summed E-state index contributed by atoms with van der Waals surface area (Å²) in [6.45, 7) is 7.61. The Bertz CT molecular complexity index is 277. The molecule has 0 aromatic carbocycles. The molecule has 0 radical (unpaired) electrons. The number of aliphatic hydroxyl groups excluding tert-OH is 1. The van der Waals surface area contributed by atoms with E-state index < -0.39 is 5.79 Å². The first-order valence-corrected chi connectivity index (χ1v) is 6.45. The van der Waals surface area contributed by atoms with E-state index >= 15 is 0 Å². The summed E-state index contributed by atoms with van der Waals surface area (Å²) in [6.07, 6.45) is 1.19. The summed E-state index contributed by atoms with van der Waals surface area (Å²) in [5.74, 6) is -0.769. The third-order valence-electron chi connectivity index (χ3n) is 3.16. The molecule has 0 unspecified atom stereocenters. The lowest BCUT2D eigenvalue weighted by molar-refractivity contribution is -0.321. The highest BCUT2D eigenvalue weighted by molar-refractivity contribution is 5.65. The molecule has 0 aromatic rings. The van der Waals surface area contributed by atoms with E-state index in [1.165, 1.54) is 6.92 Å². The van der Waals surface area contributed by atoms with Crippen molar-refractivity contribution in [1.29, 1.82) is 0 Å². The lowest BCUT2D eigenvalue weighted by atomic mass is 9.91. The number of aliphatic hydroxyl groups is 1. The molecule has 18 heavy (non-hydrogen) atoms. The molecular formula is C13H24O5. The quantitative estimate of drug-likeness (QED) is 0.758. The van der Waals surface area contributed by atoms with E-state index in [0.717, 1.165) is 0 Å². The van der Waals surface area contributed by atoms with Crippen molar-refractivity contribution in [2.45, 2.75) is 58.5 Å². The van der Waals surface area contributed by atoms with Gasteiger partial charge in [-0.15, -0.1) is 0 Å². The van der Waals surface area contributed by atoms with Crippen molar-refractivity contribution in [3.63, 3.8) is 0 Å². The van der Waals surface area contributed by atoms with Gasteiger partial charge >= 0.3 is 5.97 Å². The number of hydrogen-bond donors (Lipinski definition) is 1. The van der Waals surface area contributed by atoms with Crippen LogP contribution in [0.1, 0.15) is 40.5 Å². The predicted molar refractivity (Wildman–Crippen MR) is 65.9 cm³/mol. The van der Waals surface area contributed by atoms with Crippen LogP contribution < -0.4 is 0 Å². The van der Waals surface area contributed by atoms with Crippen molar-refractivity contribution in [2.24, 2.45) is 5.92 Å². The molecule has 1 aliphatic rings. The average Bonchev–Trinajstić information content (AvgIpc) is 2.23. The van der Waals surface area contributed by atoms with E-state index in [9.17, 15) is 4.79 Å². The van der Waals surface area contributed by atoms with Gasteiger partial charge in [-0.25, -0.2) is 0 Å². The summed E-state index contributed by atoms with van der Waals surface area (Å²) >= 11 is 0. The second kappa shape index (κ2) is 6.50. The molecule has 1 aliphatic heterocycles. The lowest BCUT2D eigenvalue weighted by Crippen LogP contribution is -2.50.